The lowest BCUT2D eigenvalue weighted by Gasteiger charge is -2.00. The van der Waals surface area contributed by atoms with Crippen LogP contribution in [-0.4, -0.2) is 22.6 Å². The molecule has 0 saturated carbocycles. The third kappa shape index (κ3) is 1.83. The van der Waals surface area contributed by atoms with Crippen LogP contribution < -0.4 is 5.69 Å². The van der Waals surface area contributed by atoms with E-state index in [1.54, 1.807) is 0 Å². The van der Waals surface area contributed by atoms with E-state index in [0.717, 1.165) is 0 Å². The lowest BCUT2D eigenvalue weighted by molar-refractivity contribution is 0.0593. The van der Waals surface area contributed by atoms with Gasteiger partial charge in [-0.05, 0) is 0 Å². The van der Waals surface area contributed by atoms with Gasteiger partial charge in [0.1, 0.15) is 10.3 Å². The molecule has 0 radical (unpaired) electrons. The smallest absolute Gasteiger partial charge is 0.354 e. The molecule has 0 saturated heterocycles. The van der Waals surface area contributed by atoms with Crippen molar-refractivity contribution in [2.24, 2.45) is 7.05 Å². The second kappa shape index (κ2) is 3.53. The van der Waals surface area contributed by atoms with Gasteiger partial charge in [-0.1, -0.05) is 12.2 Å². The molecule has 1 aromatic rings. The highest BCUT2D eigenvalue weighted by Gasteiger charge is 2.07. The molecule has 13 heavy (non-hydrogen) atoms. The average Bonchev–Trinajstić information content (AvgIpc) is 2.12. The Morgan fingerprint density at radius 1 is 1.69 bits per heavy atom. The maximum absolute atomic E-state index is 11.1. The van der Waals surface area contributed by atoms with E-state index in [-0.39, 0.29) is 10.3 Å². The minimum Gasteiger partial charge on any atom is -0.464 e. The maximum atomic E-state index is 11.1. The second-order valence-electron chi connectivity index (χ2n) is 2.38. The average molecular weight is 200 g/mol. The molecule has 0 aliphatic carbocycles. The summed E-state index contributed by atoms with van der Waals surface area (Å²) in [5, 5.41) is 0. The quantitative estimate of drug-likeness (QED) is 0.520. The zero-order valence-corrected chi connectivity index (χ0v) is 7.97. The molecule has 0 aliphatic rings. The van der Waals surface area contributed by atoms with Crippen LogP contribution in [0.1, 0.15) is 10.5 Å². The maximum Gasteiger partial charge on any atom is 0.354 e. The van der Waals surface area contributed by atoms with Gasteiger partial charge >= 0.3 is 11.7 Å². The second-order valence-corrected chi connectivity index (χ2v) is 2.80. The number of H-pyrrole nitrogens is 1. The normalized spacial score (nSPS) is 9.69. The van der Waals surface area contributed by atoms with E-state index >= 15 is 0 Å². The standard InChI is InChI=1S/C7H8N2O3S/c1-9-5(13)3-4(6(10)12-2)8-7(9)11/h3H,1-2H3,(H,8,11). The van der Waals surface area contributed by atoms with Crippen LogP contribution in [0.4, 0.5) is 0 Å². The highest BCUT2D eigenvalue weighted by molar-refractivity contribution is 7.71. The molecule has 0 amide bonds. The van der Waals surface area contributed by atoms with Gasteiger partial charge in [-0.15, -0.1) is 0 Å². The summed E-state index contributed by atoms with van der Waals surface area (Å²) in [5.41, 5.74) is -0.372. The fraction of sp³-hybridized carbons (Fsp3) is 0.286. The highest BCUT2D eigenvalue weighted by atomic mass is 32.1. The van der Waals surface area contributed by atoms with Gasteiger partial charge < -0.3 is 9.72 Å². The lowest BCUT2D eigenvalue weighted by Crippen LogP contribution is -2.23. The van der Waals surface area contributed by atoms with E-state index in [2.05, 4.69) is 9.72 Å². The predicted octanol–water partition coefficient (Wildman–Crippen LogP) is 0.229. The molecule has 0 aliphatic heterocycles. The van der Waals surface area contributed by atoms with Gasteiger partial charge in [0.05, 0.1) is 7.11 Å². The molecule has 0 unspecified atom stereocenters. The van der Waals surface area contributed by atoms with Crippen molar-refractivity contribution in [1.29, 1.82) is 0 Å². The molecular formula is C7H8N2O3S. The molecule has 1 aromatic heterocycles. The van der Waals surface area contributed by atoms with Crippen LogP contribution in [0.25, 0.3) is 0 Å². The van der Waals surface area contributed by atoms with Gasteiger partial charge in [0.2, 0.25) is 0 Å². The molecule has 6 heteroatoms. The van der Waals surface area contributed by atoms with Crippen molar-refractivity contribution in [1.82, 2.24) is 9.55 Å². The van der Waals surface area contributed by atoms with Crippen molar-refractivity contribution in [2.75, 3.05) is 7.11 Å². The number of carbonyl (C=O) groups is 1. The molecular weight excluding hydrogens is 192 g/mol. The number of methoxy groups -OCH3 is 1. The lowest BCUT2D eigenvalue weighted by atomic mass is 10.4. The summed E-state index contributed by atoms with van der Waals surface area (Å²) in [6.45, 7) is 0. The summed E-state index contributed by atoms with van der Waals surface area (Å²) >= 11 is 4.83. The number of aromatic nitrogens is 2. The number of rotatable bonds is 1. The number of ether oxygens (including phenoxy) is 1. The van der Waals surface area contributed by atoms with Gasteiger partial charge in [-0.3, -0.25) is 4.57 Å². The van der Waals surface area contributed by atoms with Crippen LogP contribution in [0.5, 0.6) is 0 Å². The van der Waals surface area contributed by atoms with Crippen molar-refractivity contribution >= 4 is 18.2 Å². The highest BCUT2D eigenvalue weighted by Crippen LogP contribution is 1.94. The first kappa shape index (κ1) is 9.66. The topological polar surface area (TPSA) is 64.1 Å². The number of nitrogens with one attached hydrogen (secondary N) is 1. The molecule has 1 N–H and O–H groups in total. The van der Waals surface area contributed by atoms with Gasteiger partial charge in [-0.25, -0.2) is 9.59 Å². The van der Waals surface area contributed by atoms with Crippen LogP contribution in [0, 0.1) is 4.64 Å². The Hall–Kier alpha value is -1.43. The van der Waals surface area contributed by atoms with Gasteiger partial charge in [0.15, 0.2) is 0 Å². The molecule has 0 atom stereocenters. The van der Waals surface area contributed by atoms with Crippen LogP contribution in [0.15, 0.2) is 10.9 Å². The van der Waals surface area contributed by atoms with Crippen LogP contribution in [-0.2, 0) is 11.8 Å². The molecule has 1 rings (SSSR count). The molecule has 0 fully saturated rings. The van der Waals surface area contributed by atoms with Crippen molar-refractivity contribution in [3.05, 3.63) is 26.9 Å². The number of esters is 1. The fourth-order valence-electron chi connectivity index (χ4n) is 0.775. The van der Waals surface area contributed by atoms with Crippen molar-refractivity contribution < 1.29 is 9.53 Å². The zero-order chi connectivity index (χ0) is 10.0. The molecule has 5 nitrogen and oxygen atoms in total. The number of hydrogen-bond acceptors (Lipinski definition) is 4. The molecule has 0 bridgehead atoms. The van der Waals surface area contributed by atoms with E-state index in [0.29, 0.717) is 0 Å². The van der Waals surface area contributed by atoms with Crippen molar-refractivity contribution in [3.8, 4) is 0 Å². The van der Waals surface area contributed by atoms with Crippen molar-refractivity contribution in [3.63, 3.8) is 0 Å². The Kier molecular flexibility index (Phi) is 2.62. The summed E-state index contributed by atoms with van der Waals surface area (Å²) in [5.74, 6) is -0.608. The first-order valence-corrected chi connectivity index (χ1v) is 3.85. The van der Waals surface area contributed by atoms with E-state index in [4.69, 9.17) is 12.2 Å². The van der Waals surface area contributed by atoms with E-state index in [1.807, 2.05) is 0 Å². The van der Waals surface area contributed by atoms with Crippen LogP contribution in [0.2, 0.25) is 0 Å². The first-order valence-electron chi connectivity index (χ1n) is 3.45. The minimum absolute atomic E-state index is 0.0654. The third-order valence-corrected chi connectivity index (χ3v) is 1.94. The van der Waals surface area contributed by atoms with Gasteiger partial charge in [-0.2, -0.15) is 0 Å². The summed E-state index contributed by atoms with van der Waals surface area (Å²) in [4.78, 5) is 24.4. The van der Waals surface area contributed by atoms with Crippen LogP contribution >= 0.6 is 12.2 Å². The Labute approximate surface area is 79.0 Å². The fourth-order valence-corrected chi connectivity index (χ4v) is 0.976. The Morgan fingerprint density at radius 3 is 2.77 bits per heavy atom. The summed E-state index contributed by atoms with van der Waals surface area (Å²) in [6.07, 6.45) is 0. The summed E-state index contributed by atoms with van der Waals surface area (Å²) in [7, 11) is 2.75. The van der Waals surface area contributed by atoms with E-state index in [1.165, 1.54) is 24.8 Å². The Morgan fingerprint density at radius 2 is 2.31 bits per heavy atom. The van der Waals surface area contributed by atoms with Gasteiger partial charge in [0, 0.05) is 13.1 Å². The monoisotopic (exact) mass is 200 g/mol. The van der Waals surface area contributed by atoms with Gasteiger partial charge in [0.25, 0.3) is 0 Å². The Balaban J connectivity index is 3.38. The van der Waals surface area contributed by atoms with E-state index in [9.17, 15) is 9.59 Å². The molecule has 0 spiro atoms. The third-order valence-electron chi connectivity index (χ3n) is 1.55. The first-order chi connectivity index (χ1) is 6.06. The van der Waals surface area contributed by atoms with E-state index < -0.39 is 11.7 Å². The number of nitrogens with zero attached hydrogens (tertiary/aromatic N) is 1. The number of hydrogen-bond donors (Lipinski definition) is 1. The Bertz CT molecular complexity index is 415. The summed E-state index contributed by atoms with van der Waals surface area (Å²) < 4.78 is 5.93. The predicted molar refractivity (Wildman–Crippen MR) is 48.2 cm³/mol. The number of aromatic amines is 1. The SMILES string of the molecule is COC(=O)c1cc(=S)n(C)c(=O)[nH]1. The molecule has 0 aromatic carbocycles. The number of carbonyl (C=O) groups excluding carboxylic acids is 1. The minimum atomic E-state index is -0.608. The largest absolute Gasteiger partial charge is 0.464 e. The van der Waals surface area contributed by atoms with Crippen molar-refractivity contribution in [2.45, 2.75) is 0 Å². The molecule has 1 heterocycles. The zero-order valence-electron chi connectivity index (χ0n) is 7.16. The summed E-state index contributed by atoms with van der Waals surface area (Å²) in [6, 6.07) is 1.38. The van der Waals surface area contributed by atoms with Crippen LogP contribution in [0.3, 0.4) is 0 Å². The molecule has 70 valence electrons.